The standard InChI is InChI=1S/C21H14O4/c22-19-18-16(10-24-19)25-20(23)21(18)9-15-11-5-1-3-7-13(11)17(21)14-8-4-2-6-12(14)15/h1-8,16,18H,9-10H2/t16-,18-,21+/m1/s1. The Bertz CT molecular complexity index is 1060. The Morgan fingerprint density at radius 3 is 2.12 bits per heavy atom. The first-order valence-corrected chi connectivity index (χ1v) is 8.52. The molecule has 25 heavy (non-hydrogen) atoms. The molecule has 4 heteroatoms. The first kappa shape index (κ1) is 13.4. The normalized spacial score (nSPS) is 29.4. The Kier molecular flexibility index (Phi) is 2.25. The van der Waals surface area contributed by atoms with E-state index in [0.717, 1.165) is 32.7 Å². The molecule has 3 aromatic carbocycles. The molecule has 0 unspecified atom stereocenters. The van der Waals surface area contributed by atoms with Gasteiger partial charge in [-0.2, -0.15) is 0 Å². The fraction of sp³-hybridized carbons (Fsp3) is 0.238. The second kappa shape index (κ2) is 4.20. The molecule has 0 N–H and O–H groups in total. The fourth-order valence-electron chi connectivity index (χ4n) is 5.19. The molecule has 4 aliphatic rings. The lowest BCUT2D eigenvalue weighted by atomic mass is 9.60. The summed E-state index contributed by atoms with van der Waals surface area (Å²) < 4.78 is 10.9. The van der Waals surface area contributed by atoms with E-state index in [2.05, 4.69) is 12.1 Å². The van der Waals surface area contributed by atoms with Crippen molar-refractivity contribution in [3.63, 3.8) is 0 Å². The summed E-state index contributed by atoms with van der Waals surface area (Å²) in [4.78, 5) is 25.6. The monoisotopic (exact) mass is 330 g/mol. The van der Waals surface area contributed by atoms with E-state index in [0.29, 0.717) is 6.42 Å². The van der Waals surface area contributed by atoms with Crippen molar-refractivity contribution in [2.24, 2.45) is 5.92 Å². The first-order chi connectivity index (χ1) is 12.2. The van der Waals surface area contributed by atoms with Crippen LogP contribution in [0.1, 0.15) is 11.1 Å². The van der Waals surface area contributed by atoms with Crippen LogP contribution in [0.3, 0.4) is 0 Å². The summed E-state index contributed by atoms with van der Waals surface area (Å²) in [5.41, 5.74) is 1.11. The minimum atomic E-state index is -0.948. The summed E-state index contributed by atoms with van der Waals surface area (Å²) in [5.74, 6) is -1.14. The van der Waals surface area contributed by atoms with E-state index in [-0.39, 0.29) is 18.5 Å². The van der Waals surface area contributed by atoms with Crippen LogP contribution in [-0.4, -0.2) is 24.6 Å². The van der Waals surface area contributed by atoms with Gasteiger partial charge in [-0.05, 0) is 39.1 Å². The number of carbonyl (C=O) groups excluding carboxylic acids is 2. The van der Waals surface area contributed by atoms with E-state index in [4.69, 9.17) is 9.47 Å². The summed E-state index contributed by atoms with van der Waals surface area (Å²) in [6.45, 7) is 0.170. The molecular weight excluding hydrogens is 316 g/mol. The molecule has 2 aliphatic heterocycles. The maximum Gasteiger partial charge on any atom is 0.318 e. The highest BCUT2D eigenvalue weighted by Crippen LogP contribution is 2.56. The van der Waals surface area contributed by atoms with Gasteiger partial charge in [0, 0.05) is 0 Å². The molecule has 2 saturated heterocycles. The van der Waals surface area contributed by atoms with Crippen molar-refractivity contribution in [1.82, 2.24) is 0 Å². The number of rotatable bonds is 0. The highest BCUT2D eigenvalue weighted by molar-refractivity contribution is 6.14. The van der Waals surface area contributed by atoms with E-state index in [9.17, 15) is 9.59 Å². The SMILES string of the molecule is O=C1OC[C@H]2OC(=O)[C@]3(Cc4c5ccccc5c3c3ccccc43)[C@@H]12. The van der Waals surface area contributed by atoms with Gasteiger partial charge in [0.15, 0.2) is 6.10 Å². The van der Waals surface area contributed by atoms with E-state index in [1.807, 2.05) is 36.4 Å². The highest BCUT2D eigenvalue weighted by atomic mass is 16.6. The van der Waals surface area contributed by atoms with Crippen molar-refractivity contribution >= 4 is 33.5 Å². The van der Waals surface area contributed by atoms with Gasteiger partial charge in [0.2, 0.25) is 0 Å². The quantitative estimate of drug-likeness (QED) is 0.470. The Morgan fingerprint density at radius 1 is 0.880 bits per heavy atom. The predicted molar refractivity (Wildman–Crippen MR) is 91.2 cm³/mol. The molecule has 3 atom stereocenters. The molecule has 4 nitrogen and oxygen atoms in total. The maximum absolute atomic E-state index is 13.1. The number of cyclic esters (lactones) is 1. The summed E-state index contributed by atoms with van der Waals surface area (Å²) in [7, 11) is 0. The van der Waals surface area contributed by atoms with Crippen molar-refractivity contribution in [1.29, 1.82) is 0 Å². The van der Waals surface area contributed by atoms with E-state index >= 15 is 0 Å². The molecule has 0 amide bonds. The summed E-state index contributed by atoms with van der Waals surface area (Å²) >= 11 is 0. The topological polar surface area (TPSA) is 52.6 Å². The molecule has 0 aromatic heterocycles. The third-order valence-corrected chi connectivity index (χ3v) is 6.11. The molecule has 3 aromatic rings. The number of carbonyl (C=O) groups is 2. The van der Waals surface area contributed by atoms with Crippen LogP contribution in [0.4, 0.5) is 0 Å². The van der Waals surface area contributed by atoms with Crippen LogP contribution in [0.5, 0.6) is 0 Å². The molecule has 0 radical (unpaired) electrons. The fourth-order valence-corrected chi connectivity index (χ4v) is 5.19. The Balaban J connectivity index is 1.82. The Morgan fingerprint density at radius 2 is 1.48 bits per heavy atom. The van der Waals surface area contributed by atoms with Crippen LogP contribution >= 0.6 is 0 Å². The number of ether oxygens (including phenoxy) is 2. The lowest BCUT2D eigenvalue weighted by Gasteiger charge is -2.38. The third kappa shape index (κ3) is 1.37. The number of hydrogen-bond acceptors (Lipinski definition) is 4. The van der Waals surface area contributed by atoms with Crippen LogP contribution in [-0.2, 0) is 30.9 Å². The molecular formula is C21H14O4. The van der Waals surface area contributed by atoms with Gasteiger partial charge in [0.25, 0.3) is 0 Å². The third-order valence-electron chi connectivity index (χ3n) is 6.11. The molecule has 7 rings (SSSR count). The number of esters is 2. The zero-order valence-corrected chi connectivity index (χ0v) is 13.3. The van der Waals surface area contributed by atoms with Gasteiger partial charge in [-0.15, -0.1) is 0 Å². The molecule has 2 aliphatic carbocycles. The predicted octanol–water partition coefficient (Wildman–Crippen LogP) is 2.89. The van der Waals surface area contributed by atoms with Crippen LogP contribution < -0.4 is 0 Å². The van der Waals surface area contributed by atoms with Crippen LogP contribution in [0, 0.1) is 5.92 Å². The summed E-state index contributed by atoms with van der Waals surface area (Å²) in [6, 6.07) is 16.3. The van der Waals surface area contributed by atoms with Crippen molar-refractivity contribution in [3.05, 3.63) is 59.7 Å². The average Bonchev–Trinajstić information content (AvgIpc) is 3.14. The van der Waals surface area contributed by atoms with Crippen LogP contribution in [0.25, 0.3) is 21.5 Å². The van der Waals surface area contributed by atoms with Gasteiger partial charge >= 0.3 is 11.9 Å². The molecule has 122 valence electrons. The maximum atomic E-state index is 13.1. The first-order valence-electron chi connectivity index (χ1n) is 8.52. The van der Waals surface area contributed by atoms with E-state index in [1.54, 1.807) is 0 Å². The molecule has 2 heterocycles. The number of fused-ring (bicyclic) bond motifs is 1. The van der Waals surface area contributed by atoms with Gasteiger partial charge in [-0.1, -0.05) is 48.5 Å². The van der Waals surface area contributed by atoms with Gasteiger partial charge < -0.3 is 9.47 Å². The zero-order chi connectivity index (χ0) is 16.8. The van der Waals surface area contributed by atoms with E-state index in [1.165, 1.54) is 0 Å². The van der Waals surface area contributed by atoms with Crippen molar-refractivity contribution in [2.75, 3.05) is 6.61 Å². The van der Waals surface area contributed by atoms with Gasteiger partial charge in [0.05, 0.1) is 0 Å². The largest absolute Gasteiger partial charge is 0.461 e. The van der Waals surface area contributed by atoms with Gasteiger partial charge in [-0.3, -0.25) is 9.59 Å². The Hall–Kier alpha value is -2.88. The van der Waals surface area contributed by atoms with Gasteiger partial charge in [-0.25, -0.2) is 0 Å². The van der Waals surface area contributed by atoms with Crippen LogP contribution in [0.2, 0.25) is 0 Å². The van der Waals surface area contributed by atoms with Crippen molar-refractivity contribution < 1.29 is 19.1 Å². The minimum absolute atomic E-state index is 0.170. The molecule has 2 bridgehead atoms. The lowest BCUT2D eigenvalue weighted by Crippen LogP contribution is -2.46. The summed E-state index contributed by atoms with van der Waals surface area (Å²) in [6.07, 6.45) is 0.0395. The average molecular weight is 330 g/mol. The smallest absolute Gasteiger partial charge is 0.318 e. The number of hydrogen-bond donors (Lipinski definition) is 0. The number of benzene rings is 3. The molecule has 1 spiro atoms. The summed E-state index contributed by atoms with van der Waals surface area (Å²) in [5, 5.41) is 4.40. The second-order valence-corrected chi connectivity index (χ2v) is 7.14. The zero-order valence-electron chi connectivity index (χ0n) is 13.3. The molecule has 2 fully saturated rings. The van der Waals surface area contributed by atoms with E-state index < -0.39 is 17.4 Å². The highest BCUT2D eigenvalue weighted by Gasteiger charge is 2.67. The lowest BCUT2D eigenvalue weighted by molar-refractivity contribution is -0.152. The second-order valence-electron chi connectivity index (χ2n) is 7.14. The van der Waals surface area contributed by atoms with Gasteiger partial charge in [0.1, 0.15) is 17.9 Å². The molecule has 0 saturated carbocycles. The van der Waals surface area contributed by atoms with Crippen molar-refractivity contribution in [2.45, 2.75) is 17.9 Å². The van der Waals surface area contributed by atoms with Crippen LogP contribution in [0.15, 0.2) is 48.5 Å². The van der Waals surface area contributed by atoms with Crippen molar-refractivity contribution in [3.8, 4) is 0 Å². The Labute approximate surface area is 143 Å². The minimum Gasteiger partial charge on any atom is -0.461 e.